The molecule has 0 radical (unpaired) electrons. The fourth-order valence-electron chi connectivity index (χ4n) is 2.10. The average Bonchev–Trinajstić information content (AvgIpc) is 2.65. The molecule has 1 unspecified atom stereocenters. The molecule has 1 aliphatic heterocycles. The lowest BCUT2D eigenvalue weighted by Gasteiger charge is -2.35. The van der Waals surface area contributed by atoms with Crippen LogP contribution in [0.25, 0.3) is 0 Å². The van der Waals surface area contributed by atoms with Crippen LogP contribution in [0.15, 0.2) is 29.4 Å². The van der Waals surface area contributed by atoms with Gasteiger partial charge in [-0.15, -0.1) is 0 Å². The lowest BCUT2D eigenvalue weighted by molar-refractivity contribution is 0.135. The summed E-state index contributed by atoms with van der Waals surface area (Å²) < 4.78 is 5.11. The van der Waals surface area contributed by atoms with E-state index < -0.39 is 0 Å². The maximum absolute atomic E-state index is 5.93. The first kappa shape index (κ1) is 11.9. The van der Waals surface area contributed by atoms with Crippen LogP contribution >= 0.6 is 0 Å². The van der Waals surface area contributed by atoms with Gasteiger partial charge in [-0.2, -0.15) is 0 Å². The normalized spacial score (nSPS) is 23.9. The van der Waals surface area contributed by atoms with Gasteiger partial charge in [0.25, 0.3) is 0 Å². The Morgan fingerprint density at radius 2 is 2.35 bits per heavy atom. The predicted octanol–water partition coefficient (Wildman–Crippen LogP) is 0.573. The van der Waals surface area contributed by atoms with Crippen LogP contribution in [0.1, 0.15) is 12.6 Å². The molecule has 1 aliphatic rings. The summed E-state index contributed by atoms with van der Waals surface area (Å²) in [6, 6.07) is 5.90. The molecule has 2 N–H and O–H groups in total. The highest BCUT2D eigenvalue weighted by Gasteiger charge is 2.40. The van der Waals surface area contributed by atoms with E-state index in [0.717, 1.165) is 12.2 Å². The molecule has 0 fully saturated rings. The van der Waals surface area contributed by atoms with E-state index in [0.29, 0.717) is 19.1 Å². The summed E-state index contributed by atoms with van der Waals surface area (Å²) in [4.78, 5) is 10.8. The molecule has 0 aliphatic carbocycles. The minimum Gasteiger partial charge on any atom is -0.383 e. The second-order valence-electron chi connectivity index (χ2n) is 4.31. The lowest BCUT2D eigenvalue weighted by atomic mass is 9.96. The van der Waals surface area contributed by atoms with Crippen molar-refractivity contribution in [1.82, 2.24) is 9.88 Å². The van der Waals surface area contributed by atoms with Crippen LogP contribution in [0.3, 0.4) is 0 Å². The highest BCUT2D eigenvalue weighted by atomic mass is 16.5. The predicted molar refractivity (Wildman–Crippen MR) is 66.7 cm³/mol. The van der Waals surface area contributed by atoms with E-state index in [9.17, 15) is 0 Å². The maximum Gasteiger partial charge on any atom is 0.192 e. The van der Waals surface area contributed by atoms with Gasteiger partial charge in [0.05, 0.1) is 18.8 Å². The van der Waals surface area contributed by atoms with Gasteiger partial charge >= 0.3 is 0 Å². The number of guanidine groups is 1. The van der Waals surface area contributed by atoms with Gasteiger partial charge in [-0.05, 0) is 19.1 Å². The molecule has 2 heterocycles. The highest BCUT2D eigenvalue weighted by Crippen LogP contribution is 2.30. The largest absolute Gasteiger partial charge is 0.383 e. The first-order valence-electron chi connectivity index (χ1n) is 5.66. The number of hydrogen-bond acceptors (Lipinski definition) is 5. The van der Waals surface area contributed by atoms with Crippen LogP contribution in [0, 0.1) is 0 Å². The Hall–Kier alpha value is -1.62. The van der Waals surface area contributed by atoms with Gasteiger partial charge in [0.1, 0.15) is 5.54 Å². The van der Waals surface area contributed by atoms with Crippen molar-refractivity contribution in [2.45, 2.75) is 12.5 Å². The molecular formula is C12H18N4O. The zero-order valence-corrected chi connectivity index (χ0v) is 10.3. The SMILES string of the molecule is COCCN1C(N)=NCC1(C)c1ccccn1. The second-order valence-corrected chi connectivity index (χ2v) is 4.31. The van der Waals surface area contributed by atoms with Crippen LogP contribution in [0.5, 0.6) is 0 Å². The van der Waals surface area contributed by atoms with Crippen molar-refractivity contribution in [2.24, 2.45) is 10.7 Å². The summed E-state index contributed by atoms with van der Waals surface area (Å²) in [5.74, 6) is 0.565. The van der Waals surface area contributed by atoms with Crippen molar-refractivity contribution in [3.63, 3.8) is 0 Å². The number of pyridine rings is 1. The number of rotatable bonds is 4. The van der Waals surface area contributed by atoms with Gasteiger partial charge in [-0.25, -0.2) is 0 Å². The molecule has 1 atom stereocenters. The summed E-state index contributed by atoms with van der Waals surface area (Å²) in [6.07, 6.45) is 1.80. The van der Waals surface area contributed by atoms with Gasteiger partial charge in [0, 0.05) is 19.9 Å². The van der Waals surface area contributed by atoms with E-state index in [1.54, 1.807) is 13.3 Å². The molecule has 0 bridgehead atoms. The van der Waals surface area contributed by atoms with Crippen LogP contribution in [-0.2, 0) is 10.3 Å². The molecule has 0 amide bonds. The topological polar surface area (TPSA) is 63.7 Å². The number of hydrogen-bond donors (Lipinski definition) is 1. The van der Waals surface area contributed by atoms with Gasteiger partial charge < -0.3 is 15.4 Å². The zero-order valence-electron chi connectivity index (χ0n) is 10.3. The van der Waals surface area contributed by atoms with Crippen molar-refractivity contribution < 1.29 is 4.74 Å². The molecule has 2 rings (SSSR count). The molecule has 0 saturated carbocycles. The van der Waals surface area contributed by atoms with Gasteiger partial charge in [-0.3, -0.25) is 9.98 Å². The lowest BCUT2D eigenvalue weighted by Crippen LogP contribution is -2.49. The van der Waals surface area contributed by atoms with Gasteiger partial charge in [0.15, 0.2) is 5.96 Å². The highest BCUT2D eigenvalue weighted by molar-refractivity contribution is 5.81. The van der Waals surface area contributed by atoms with Gasteiger partial charge in [-0.1, -0.05) is 6.07 Å². The summed E-state index contributed by atoms with van der Waals surface area (Å²) in [6.45, 7) is 4.09. The Kier molecular flexibility index (Phi) is 3.28. The summed E-state index contributed by atoms with van der Waals surface area (Å²) in [5, 5.41) is 0. The van der Waals surface area contributed by atoms with Crippen molar-refractivity contribution in [3.05, 3.63) is 30.1 Å². The monoisotopic (exact) mass is 234 g/mol. The molecule has 17 heavy (non-hydrogen) atoms. The van der Waals surface area contributed by atoms with Crippen molar-refractivity contribution in [1.29, 1.82) is 0 Å². The van der Waals surface area contributed by atoms with E-state index >= 15 is 0 Å². The smallest absolute Gasteiger partial charge is 0.192 e. The molecule has 0 saturated heterocycles. The Bertz CT molecular complexity index is 406. The van der Waals surface area contributed by atoms with E-state index in [4.69, 9.17) is 10.5 Å². The van der Waals surface area contributed by atoms with Crippen molar-refractivity contribution >= 4 is 5.96 Å². The quantitative estimate of drug-likeness (QED) is 0.827. The molecule has 5 heteroatoms. The van der Waals surface area contributed by atoms with Crippen molar-refractivity contribution in [2.75, 3.05) is 26.8 Å². The summed E-state index contributed by atoms with van der Waals surface area (Å²) in [5.41, 5.74) is 6.65. The minimum absolute atomic E-state index is 0.260. The molecule has 1 aromatic heterocycles. The fourth-order valence-corrected chi connectivity index (χ4v) is 2.10. The number of aliphatic imine (C=N–C) groups is 1. The fraction of sp³-hybridized carbons (Fsp3) is 0.500. The Morgan fingerprint density at radius 3 is 3.00 bits per heavy atom. The van der Waals surface area contributed by atoms with E-state index in [1.807, 2.05) is 18.2 Å². The first-order valence-corrected chi connectivity index (χ1v) is 5.66. The number of nitrogens with zero attached hydrogens (tertiary/aromatic N) is 3. The number of methoxy groups -OCH3 is 1. The molecule has 0 spiro atoms. The Morgan fingerprint density at radius 1 is 1.53 bits per heavy atom. The number of nitrogens with two attached hydrogens (primary N) is 1. The molecule has 1 aromatic rings. The third-order valence-electron chi connectivity index (χ3n) is 3.16. The van der Waals surface area contributed by atoms with Crippen LogP contribution in [-0.4, -0.2) is 42.6 Å². The van der Waals surface area contributed by atoms with E-state index in [1.165, 1.54) is 0 Å². The number of ether oxygens (including phenoxy) is 1. The summed E-state index contributed by atoms with van der Waals surface area (Å²) >= 11 is 0. The molecule has 5 nitrogen and oxygen atoms in total. The molecule has 0 aromatic carbocycles. The summed E-state index contributed by atoms with van der Waals surface area (Å²) in [7, 11) is 1.68. The number of aromatic nitrogens is 1. The maximum atomic E-state index is 5.93. The van der Waals surface area contributed by atoms with Crippen LogP contribution in [0.2, 0.25) is 0 Å². The van der Waals surface area contributed by atoms with Crippen LogP contribution in [0.4, 0.5) is 0 Å². The van der Waals surface area contributed by atoms with E-state index in [2.05, 4.69) is 21.8 Å². The standard InChI is InChI=1S/C12H18N4O/c1-12(10-5-3-4-6-14-10)9-15-11(13)16(12)7-8-17-2/h3-6H,7-9H2,1-2H3,(H2,13,15). The third kappa shape index (κ3) is 2.10. The molecular weight excluding hydrogens is 216 g/mol. The van der Waals surface area contributed by atoms with Gasteiger partial charge in [0.2, 0.25) is 0 Å². The van der Waals surface area contributed by atoms with Crippen molar-refractivity contribution in [3.8, 4) is 0 Å². The first-order chi connectivity index (χ1) is 8.18. The minimum atomic E-state index is -0.260. The Balaban J connectivity index is 2.25. The third-order valence-corrected chi connectivity index (χ3v) is 3.16. The Labute approximate surface area is 101 Å². The molecule has 92 valence electrons. The van der Waals surface area contributed by atoms with Crippen LogP contribution < -0.4 is 5.73 Å². The average molecular weight is 234 g/mol. The zero-order chi connectivity index (χ0) is 12.3. The van der Waals surface area contributed by atoms with E-state index in [-0.39, 0.29) is 5.54 Å². The second kappa shape index (κ2) is 4.71.